The van der Waals surface area contributed by atoms with E-state index in [-0.39, 0.29) is 11.8 Å². The first-order chi connectivity index (χ1) is 5.79. The van der Waals surface area contributed by atoms with Crippen LogP contribution in [0.15, 0.2) is 12.7 Å². The molecule has 0 aromatic rings. The van der Waals surface area contributed by atoms with Crippen LogP contribution in [0, 0.1) is 0 Å². The molecule has 1 N–H and O–H groups in total. The lowest BCUT2D eigenvalue weighted by Gasteiger charge is -2.34. The van der Waals surface area contributed by atoms with Crippen LogP contribution in [-0.2, 0) is 9.59 Å². The highest BCUT2D eigenvalue weighted by atomic mass is 16.2. The molecule has 0 aliphatic carbocycles. The summed E-state index contributed by atoms with van der Waals surface area (Å²) < 4.78 is 0. The molecule has 0 saturated heterocycles. The summed E-state index contributed by atoms with van der Waals surface area (Å²) in [5.74, 6) is -0.590. The Morgan fingerprint density at radius 1 is 1.38 bits per heavy atom. The highest BCUT2D eigenvalue weighted by molar-refractivity contribution is 5.89. The van der Waals surface area contributed by atoms with Gasteiger partial charge in [-0.05, 0) is 26.8 Å². The number of hydrogen-bond acceptors (Lipinski definition) is 2. The van der Waals surface area contributed by atoms with Crippen molar-refractivity contribution in [3.8, 4) is 0 Å². The van der Waals surface area contributed by atoms with Gasteiger partial charge >= 0.3 is 0 Å². The maximum absolute atomic E-state index is 11.3. The van der Waals surface area contributed by atoms with Crippen LogP contribution in [0.4, 0.5) is 0 Å². The average Bonchev–Trinajstić information content (AvgIpc) is 1.96. The number of carbonyl (C=O) groups is 2. The maximum atomic E-state index is 11.3. The Morgan fingerprint density at radius 2 is 1.85 bits per heavy atom. The van der Waals surface area contributed by atoms with E-state index in [0.717, 1.165) is 0 Å². The lowest BCUT2D eigenvalue weighted by atomic mass is 10.1. The van der Waals surface area contributed by atoms with Crippen LogP contribution in [-0.4, -0.2) is 22.4 Å². The second-order valence-electron chi connectivity index (χ2n) is 3.72. The van der Waals surface area contributed by atoms with Crippen molar-refractivity contribution >= 4 is 11.8 Å². The van der Waals surface area contributed by atoms with Crippen molar-refractivity contribution in [2.45, 2.75) is 33.2 Å². The molecule has 4 heteroatoms. The Kier molecular flexibility index (Phi) is 3.66. The third-order valence-corrected chi connectivity index (χ3v) is 1.34. The summed E-state index contributed by atoms with van der Waals surface area (Å²) in [5.41, 5.74) is 2.00. The van der Waals surface area contributed by atoms with Gasteiger partial charge in [-0.2, -0.15) is 0 Å². The fourth-order valence-electron chi connectivity index (χ4n) is 0.802. The van der Waals surface area contributed by atoms with E-state index in [4.69, 9.17) is 0 Å². The first-order valence-electron chi connectivity index (χ1n) is 4.03. The van der Waals surface area contributed by atoms with Crippen molar-refractivity contribution in [3.05, 3.63) is 12.7 Å². The Hall–Kier alpha value is -1.32. The summed E-state index contributed by atoms with van der Waals surface area (Å²) in [4.78, 5) is 22.1. The van der Waals surface area contributed by atoms with Crippen molar-refractivity contribution in [1.29, 1.82) is 0 Å². The molecule has 0 heterocycles. The van der Waals surface area contributed by atoms with Gasteiger partial charge in [0.2, 0.25) is 5.91 Å². The summed E-state index contributed by atoms with van der Waals surface area (Å²) in [5, 5.41) is 1.25. The highest BCUT2D eigenvalue weighted by Crippen LogP contribution is 2.10. The zero-order valence-electron chi connectivity index (χ0n) is 8.55. The summed E-state index contributed by atoms with van der Waals surface area (Å²) >= 11 is 0. The molecule has 2 amide bonds. The van der Waals surface area contributed by atoms with Crippen LogP contribution in [0.3, 0.4) is 0 Å². The van der Waals surface area contributed by atoms with E-state index in [1.54, 1.807) is 0 Å². The fraction of sp³-hybridized carbons (Fsp3) is 0.556. The molecular weight excluding hydrogens is 168 g/mol. The van der Waals surface area contributed by atoms with E-state index in [2.05, 4.69) is 12.0 Å². The van der Waals surface area contributed by atoms with E-state index in [1.807, 2.05) is 20.8 Å². The number of hydrogen-bond donors (Lipinski definition) is 1. The molecule has 0 radical (unpaired) electrons. The topological polar surface area (TPSA) is 49.4 Å². The predicted molar refractivity (Wildman–Crippen MR) is 50.6 cm³/mol. The molecule has 0 bridgehead atoms. The maximum Gasteiger partial charge on any atom is 0.264 e. The van der Waals surface area contributed by atoms with Gasteiger partial charge in [-0.15, -0.1) is 0 Å². The fourth-order valence-corrected chi connectivity index (χ4v) is 0.802. The van der Waals surface area contributed by atoms with Gasteiger partial charge in [-0.1, -0.05) is 6.58 Å². The van der Waals surface area contributed by atoms with E-state index >= 15 is 0 Å². The van der Waals surface area contributed by atoms with Gasteiger partial charge in [-0.25, -0.2) is 5.01 Å². The van der Waals surface area contributed by atoms with Gasteiger partial charge < -0.3 is 0 Å². The molecule has 0 unspecified atom stereocenters. The summed E-state index contributed by atoms with van der Waals surface area (Å²) in [6.45, 7) is 10.2. The highest BCUT2D eigenvalue weighted by Gasteiger charge is 2.25. The van der Waals surface area contributed by atoms with Gasteiger partial charge in [-0.3, -0.25) is 15.0 Å². The largest absolute Gasteiger partial charge is 0.274 e. The van der Waals surface area contributed by atoms with Crippen molar-refractivity contribution < 1.29 is 9.59 Å². The zero-order chi connectivity index (χ0) is 10.6. The molecule has 4 nitrogen and oxygen atoms in total. The average molecular weight is 184 g/mol. The molecule has 0 atom stereocenters. The molecular formula is C9H16N2O2. The van der Waals surface area contributed by atoms with E-state index < -0.39 is 5.54 Å². The second-order valence-corrected chi connectivity index (χ2v) is 3.72. The van der Waals surface area contributed by atoms with Crippen molar-refractivity contribution in [2.24, 2.45) is 0 Å². The Bertz CT molecular complexity index is 228. The van der Waals surface area contributed by atoms with Crippen molar-refractivity contribution in [1.82, 2.24) is 10.4 Å². The Labute approximate surface area is 78.6 Å². The minimum Gasteiger partial charge on any atom is -0.274 e. The van der Waals surface area contributed by atoms with E-state index in [9.17, 15) is 9.59 Å². The number of hydrazine groups is 1. The molecule has 74 valence electrons. The Morgan fingerprint density at radius 3 is 2.08 bits per heavy atom. The number of nitrogens with one attached hydrogen (secondary N) is 1. The van der Waals surface area contributed by atoms with Crippen LogP contribution in [0.2, 0.25) is 0 Å². The molecule has 0 rings (SSSR count). The first-order valence-corrected chi connectivity index (χ1v) is 4.03. The molecule has 0 aromatic heterocycles. The number of amides is 2. The summed E-state index contributed by atoms with van der Waals surface area (Å²) in [6.07, 6.45) is 1.17. The van der Waals surface area contributed by atoms with Gasteiger partial charge in [0, 0.05) is 6.92 Å². The normalized spacial score (nSPS) is 10.5. The van der Waals surface area contributed by atoms with Crippen LogP contribution >= 0.6 is 0 Å². The number of nitrogens with zero attached hydrogens (tertiary/aromatic N) is 1. The minimum atomic E-state index is -0.447. The summed E-state index contributed by atoms with van der Waals surface area (Å²) in [7, 11) is 0. The molecule has 0 saturated carbocycles. The van der Waals surface area contributed by atoms with E-state index in [0.29, 0.717) is 0 Å². The minimum absolute atomic E-state index is 0.273. The van der Waals surface area contributed by atoms with Gasteiger partial charge in [0.25, 0.3) is 5.91 Å². The van der Waals surface area contributed by atoms with Crippen LogP contribution < -0.4 is 5.43 Å². The van der Waals surface area contributed by atoms with Crippen LogP contribution in [0.5, 0.6) is 0 Å². The molecule has 0 aromatic carbocycles. The molecule has 0 spiro atoms. The van der Waals surface area contributed by atoms with Gasteiger partial charge in [0.05, 0.1) is 5.54 Å². The van der Waals surface area contributed by atoms with Crippen molar-refractivity contribution in [3.63, 3.8) is 0 Å². The van der Waals surface area contributed by atoms with Crippen LogP contribution in [0.1, 0.15) is 27.7 Å². The second kappa shape index (κ2) is 4.07. The smallest absolute Gasteiger partial charge is 0.264 e. The first kappa shape index (κ1) is 11.7. The van der Waals surface area contributed by atoms with Gasteiger partial charge in [0.1, 0.15) is 0 Å². The quantitative estimate of drug-likeness (QED) is 0.485. The molecule has 13 heavy (non-hydrogen) atoms. The monoisotopic (exact) mass is 184 g/mol. The molecule has 0 aliphatic rings. The lowest BCUT2D eigenvalue weighted by Crippen LogP contribution is -2.54. The third kappa shape index (κ3) is 3.73. The van der Waals surface area contributed by atoms with Crippen molar-refractivity contribution in [2.75, 3.05) is 0 Å². The summed E-state index contributed by atoms with van der Waals surface area (Å²) in [6, 6.07) is 0. The molecule has 0 fully saturated rings. The zero-order valence-corrected chi connectivity index (χ0v) is 8.55. The van der Waals surface area contributed by atoms with E-state index in [1.165, 1.54) is 18.0 Å². The lowest BCUT2D eigenvalue weighted by molar-refractivity contribution is -0.142. The van der Waals surface area contributed by atoms with Gasteiger partial charge in [0.15, 0.2) is 0 Å². The predicted octanol–water partition coefficient (Wildman–Crippen LogP) is 0.851. The SMILES string of the molecule is C=CC(=O)N(NC(C)=O)C(C)(C)C. The molecule has 0 aliphatic heterocycles. The Balaban J connectivity index is 4.65. The number of rotatable bonds is 1. The number of carbonyl (C=O) groups excluding carboxylic acids is 2. The third-order valence-electron chi connectivity index (χ3n) is 1.34. The standard InChI is InChI=1S/C9H16N2O2/c1-6-8(13)11(9(3,4)5)10-7(2)12/h6H,1H2,2-5H3,(H,10,12). The van der Waals surface area contributed by atoms with Crippen LogP contribution in [0.25, 0.3) is 0 Å².